The normalized spacial score (nSPS) is 11.7. The second-order valence-electron chi connectivity index (χ2n) is 4.76. The summed E-state index contributed by atoms with van der Waals surface area (Å²) in [5.74, 6) is 0. The first-order valence-electron chi connectivity index (χ1n) is 7.25. The molecule has 3 heteroatoms. The lowest BCUT2D eigenvalue weighted by atomic mass is 10.1. The first-order chi connectivity index (χ1) is 9.86. The Morgan fingerprint density at radius 2 is 2.15 bits per heavy atom. The molecule has 108 valence electrons. The minimum absolute atomic E-state index is 0.683. The fourth-order valence-corrected chi connectivity index (χ4v) is 3.33. The van der Waals surface area contributed by atoms with Crippen LogP contribution in [-0.2, 0) is 17.9 Å². The van der Waals surface area contributed by atoms with Crippen LogP contribution in [-0.4, -0.2) is 13.2 Å². The van der Waals surface area contributed by atoms with Crippen LogP contribution in [0.5, 0.6) is 0 Å². The Hall–Kier alpha value is -1.16. The molecule has 1 heterocycles. The third kappa shape index (κ3) is 3.92. The van der Waals surface area contributed by atoms with Crippen LogP contribution >= 0.6 is 11.3 Å². The van der Waals surface area contributed by atoms with Crippen LogP contribution in [0.1, 0.15) is 30.7 Å². The Morgan fingerprint density at radius 1 is 1.30 bits per heavy atom. The standard InChI is InChI=1S/C17H23NOS/c1-3-5-11-19-13-15-14-8-6-7-9-16(14)20-17(15)12-18-10-4-2/h3,5-9,18H,4,10-13H2,1-2H3. The average Bonchev–Trinajstić information content (AvgIpc) is 2.82. The van der Waals surface area contributed by atoms with E-state index >= 15 is 0 Å². The third-order valence-electron chi connectivity index (χ3n) is 3.19. The highest BCUT2D eigenvalue weighted by Gasteiger charge is 2.11. The number of fused-ring (bicyclic) bond motifs is 1. The van der Waals surface area contributed by atoms with Gasteiger partial charge in [0.05, 0.1) is 13.2 Å². The quantitative estimate of drug-likeness (QED) is 0.571. The van der Waals surface area contributed by atoms with Crippen molar-refractivity contribution in [2.75, 3.05) is 13.2 Å². The average molecular weight is 289 g/mol. The molecule has 0 spiro atoms. The van der Waals surface area contributed by atoms with Gasteiger partial charge >= 0.3 is 0 Å². The maximum absolute atomic E-state index is 5.77. The molecule has 0 aliphatic heterocycles. The molecule has 2 nitrogen and oxygen atoms in total. The zero-order valence-electron chi connectivity index (χ0n) is 12.3. The van der Waals surface area contributed by atoms with Crippen LogP contribution in [0.15, 0.2) is 36.4 Å². The molecule has 1 aromatic carbocycles. The number of thiophene rings is 1. The van der Waals surface area contributed by atoms with Crippen molar-refractivity contribution in [2.24, 2.45) is 0 Å². The minimum atomic E-state index is 0.683. The molecule has 0 saturated carbocycles. The summed E-state index contributed by atoms with van der Waals surface area (Å²) in [7, 11) is 0. The Morgan fingerprint density at radius 3 is 2.95 bits per heavy atom. The second-order valence-corrected chi connectivity index (χ2v) is 5.90. The molecule has 1 aromatic heterocycles. The number of allylic oxidation sites excluding steroid dienone is 1. The van der Waals surface area contributed by atoms with Crippen LogP contribution in [0, 0.1) is 0 Å². The summed E-state index contributed by atoms with van der Waals surface area (Å²) in [5.41, 5.74) is 1.35. The van der Waals surface area contributed by atoms with Crippen molar-refractivity contribution < 1.29 is 4.74 Å². The van der Waals surface area contributed by atoms with Gasteiger partial charge in [-0.3, -0.25) is 0 Å². The molecule has 0 radical (unpaired) electrons. The number of hydrogen-bond acceptors (Lipinski definition) is 3. The van der Waals surface area contributed by atoms with Gasteiger partial charge in [-0.25, -0.2) is 0 Å². The number of benzene rings is 1. The number of nitrogens with one attached hydrogen (secondary N) is 1. The van der Waals surface area contributed by atoms with E-state index in [0.29, 0.717) is 13.2 Å². The van der Waals surface area contributed by atoms with Crippen LogP contribution in [0.4, 0.5) is 0 Å². The molecule has 2 rings (SSSR count). The topological polar surface area (TPSA) is 21.3 Å². The minimum Gasteiger partial charge on any atom is -0.373 e. The molecule has 0 aliphatic rings. The Balaban J connectivity index is 2.15. The maximum atomic E-state index is 5.77. The smallest absolute Gasteiger partial charge is 0.0738 e. The van der Waals surface area contributed by atoms with Crippen molar-refractivity contribution in [1.29, 1.82) is 0 Å². The molecule has 0 aliphatic carbocycles. The van der Waals surface area contributed by atoms with E-state index in [1.54, 1.807) is 0 Å². The number of ether oxygens (including phenoxy) is 1. The molecule has 0 unspecified atom stereocenters. The highest BCUT2D eigenvalue weighted by atomic mass is 32.1. The predicted octanol–water partition coefficient (Wildman–Crippen LogP) is 4.49. The third-order valence-corrected chi connectivity index (χ3v) is 4.40. The van der Waals surface area contributed by atoms with Gasteiger partial charge in [0.2, 0.25) is 0 Å². The summed E-state index contributed by atoms with van der Waals surface area (Å²) < 4.78 is 7.12. The highest BCUT2D eigenvalue weighted by molar-refractivity contribution is 7.19. The van der Waals surface area contributed by atoms with Crippen molar-refractivity contribution in [3.05, 3.63) is 46.9 Å². The molecular formula is C17H23NOS. The Labute approximate surface area is 125 Å². The van der Waals surface area contributed by atoms with Crippen LogP contribution < -0.4 is 5.32 Å². The summed E-state index contributed by atoms with van der Waals surface area (Å²) >= 11 is 1.88. The van der Waals surface area contributed by atoms with E-state index in [1.165, 1.54) is 20.5 Å². The summed E-state index contributed by atoms with van der Waals surface area (Å²) in [6, 6.07) is 8.60. The first-order valence-corrected chi connectivity index (χ1v) is 8.07. The van der Waals surface area contributed by atoms with Crippen LogP contribution in [0.2, 0.25) is 0 Å². The van der Waals surface area contributed by atoms with E-state index in [1.807, 2.05) is 30.4 Å². The summed E-state index contributed by atoms with van der Waals surface area (Å²) in [4.78, 5) is 1.40. The molecule has 0 saturated heterocycles. The first kappa shape index (κ1) is 15.2. The van der Waals surface area contributed by atoms with Crippen molar-refractivity contribution in [2.45, 2.75) is 33.4 Å². The van der Waals surface area contributed by atoms with E-state index in [4.69, 9.17) is 4.74 Å². The van der Waals surface area contributed by atoms with Gasteiger partial charge in [0, 0.05) is 21.7 Å². The molecule has 0 atom stereocenters. The molecule has 2 aromatic rings. The molecular weight excluding hydrogens is 266 g/mol. The zero-order chi connectivity index (χ0) is 14.2. The van der Waals surface area contributed by atoms with Gasteiger partial charge in [-0.15, -0.1) is 11.3 Å². The van der Waals surface area contributed by atoms with Crippen molar-refractivity contribution in [3.63, 3.8) is 0 Å². The van der Waals surface area contributed by atoms with Crippen molar-refractivity contribution >= 4 is 21.4 Å². The lowest BCUT2D eigenvalue weighted by Gasteiger charge is -2.06. The second kappa shape index (κ2) is 8.20. The highest BCUT2D eigenvalue weighted by Crippen LogP contribution is 2.31. The lowest BCUT2D eigenvalue weighted by Crippen LogP contribution is -2.14. The lowest BCUT2D eigenvalue weighted by molar-refractivity contribution is 0.149. The van der Waals surface area contributed by atoms with Gasteiger partial charge in [-0.05, 0) is 31.3 Å². The molecule has 1 N–H and O–H groups in total. The summed E-state index contributed by atoms with van der Waals surface area (Å²) in [5, 5.41) is 4.83. The fourth-order valence-electron chi connectivity index (χ4n) is 2.15. The molecule has 0 fully saturated rings. The van der Waals surface area contributed by atoms with Gasteiger partial charge in [0.15, 0.2) is 0 Å². The van der Waals surface area contributed by atoms with E-state index in [9.17, 15) is 0 Å². The maximum Gasteiger partial charge on any atom is 0.0738 e. The summed E-state index contributed by atoms with van der Waals surface area (Å²) in [6.07, 6.45) is 5.23. The van der Waals surface area contributed by atoms with Crippen molar-refractivity contribution in [3.8, 4) is 0 Å². The van der Waals surface area contributed by atoms with Gasteiger partial charge in [0.25, 0.3) is 0 Å². The van der Waals surface area contributed by atoms with Crippen LogP contribution in [0.25, 0.3) is 10.1 Å². The van der Waals surface area contributed by atoms with Crippen LogP contribution in [0.3, 0.4) is 0 Å². The Bertz CT molecular complexity index is 559. The predicted molar refractivity (Wildman–Crippen MR) is 88.3 cm³/mol. The fraction of sp³-hybridized carbons (Fsp3) is 0.412. The number of hydrogen-bond donors (Lipinski definition) is 1. The van der Waals surface area contributed by atoms with E-state index in [2.05, 4.69) is 36.5 Å². The monoisotopic (exact) mass is 289 g/mol. The van der Waals surface area contributed by atoms with Crippen molar-refractivity contribution in [1.82, 2.24) is 5.32 Å². The van der Waals surface area contributed by atoms with Gasteiger partial charge in [0.1, 0.15) is 0 Å². The summed E-state index contributed by atoms with van der Waals surface area (Å²) in [6.45, 7) is 7.59. The SMILES string of the molecule is CC=CCOCc1c(CNCCC)sc2ccccc12. The molecule has 0 amide bonds. The van der Waals surface area contributed by atoms with Gasteiger partial charge < -0.3 is 10.1 Å². The number of rotatable bonds is 8. The van der Waals surface area contributed by atoms with Gasteiger partial charge in [-0.1, -0.05) is 37.3 Å². The van der Waals surface area contributed by atoms with E-state index in [0.717, 1.165) is 19.5 Å². The molecule has 0 bridgehead atoms. The van der Waals surface area contributed by atoms with E-state index in [-0.39, 0.29) is 0 Å². The van der Waals surface area contributed by atoms with E-state index < -0.39 is 0 Å². The van der Waals surface area contributed by atoms with Gasteiger partial charge in [-0.2, -0.15) is 0 Å². The Kier molecular flexibility index (Phi) is 6.25. The molecule has 20 heavy (non-hydrogen) atoms. The largest absolute Gasteiger partial charge is 0.373 e. The zero-order valence-corrected chi connectivity index (χ0v) is 13.1.